The summed E-state index contributed by atoms with van der Waals surface area (Å²) in [5, 5.41) is 3.51. The average molecular weight is 350 g/mol. The van der Waals surface area contributed by atoms with Gasteiger partial charge in [0, 0.05) is 10.7 Å². The zero-order valence-corrected chi connectivity index (χ0v) is 14.4. The van der Waals surface area contributed by atoms with E-state index in [1.165, 1.54) is 0 Å². The van der Waals surface area contributed by atoms with E-state index in [4.69, 9.17) is 16.3 Å². The highest BCUT2D eigenvalue weighted by atomic mass is 35.5. The molecule has 0 radical (unpaired) electrons. The molecule has 1 N–H and O–H groups in total. The third-order valence-corrected chi connectivity index (χ3v) is 4.35. The first-order valence-electron chi connectivity index (χ1n) is 7.55. The second kappa shape index (κ2) is 10.2. The number of hydrogen-bond donors (Lipinski definition) is 1. The molecule has 0 fully saturated rings. The van der Waals surface area contributed by atoms with E-state index in [1.807, 2.05) is 30.3 Å². The maximum Gasteiger partial charge on any atom is 0.234 e. The lowest BCUT2D eigenvalue weighted by molar-refractivity contribution is -0.113. The van der Waals surface area contributed by atoms with Crippen molar-refractivity contribution < 1.29 is 9.53 Å². The maximum atomic E-state index is 11.8. The van der Waals surface area contributed by atoms with Crippen LogP contribution >= 0.6 is 23.4 Å². The number of thioether (sulfide) groups is 1. The van der Waals surface area contributed by atoms with Crippen molar-refractivity contribution in [1.82, 2.24) is 0 Å². The van der Waals surface area contributed by atoms with Crippen LogP contribution in [0.15, 0.2) is 54.6 Å². The number of nitrogens with one attached hydrogen (secondary N) is 1. The maximum absolute atomic E-state index is 11.8. The fourth-order valence-electron chi connectivity index (χ4n) is 1.91. The topological polar surface area (TPSA) is 38.3 Å². The summed E-state index contributed by atoms with van der Waals surface area (Å²) in [6.45, 7) is 0.710. The molecule has 0 spiro atoms. The van der Waals surface area contributed by atoms with Gasteiger partial charge in [-0.25, -0.2) is 0 Å². The van der Waals surface area contributed by atoms with Crippen LogP contribution < -0.4 is 10.1 Å². The molecule has 0 unspecified atom stereocenters. The predicted octanol–water partition coefficient (Wildman–Crippen LogP) is 4.87. The molecular weight excluding hydrogens is 330 g/mol. The Hall–Kier alpha value is -1.65. The van der Waals surface area contributed by atoms with Crippen LogP contribution in [0.3, 0.4) is 0 Å². The van der Waals surface area contributed by atoms with Gasteiger partial charge in [0.15, 0.2) is 0 Å². The molecule has 5 heteroatoms. The highest BCUT2D eigenvalue weighted by molar-refractivity contribution is 7.99. The molecule has 0 aromatic heterocycles. The van der Waals surface area contributed by atoms with Crippen LogP contribution in [-0.2, 0) is 4.79 Å². The van der Waals surface area contributed by atoms with Gasteiger partial charge in [-0.05, 0) is 55.0 Å². The second-order valence-electron chi connectivity index (χ2n) is 4.98. The van der Waals surface area contributed by atoms with Gasteiger partial charge in [-0.1, -0.05) is 29.8 Å². The summed E-state index contributed by atoms with van der Waals surface area (Å²) in [5.74, 6) is 2.33. The number of benzene rings is 2. The number of amides is 1. The van der Waals surface area contributed by atoms with E-state index in [1.54, 1.807) is 36.0 Å². The number of ether oxygens (including phenoxy) is 1. The van der Waals surface area contributed by atoms with Crippen LogP contribution in [0.4, 0.5) is 5.69 Å². The zero-order valence-electron chi connectivity index (χ0n) is 12.8. The quantitative estimate of drug-likeness (QED) is 0.656. The molecule has 23 heavy (non-hydrogen) atoms. The number of carbonyl (C=O) groups excluding carboxylic acids is 1. The molecule has 0 saturated carbocycles. The normalized spacial score (nSPS) is 10.3. The smallest absolute Gasteiger partial charge is 0.234 e. The van der Waals surface area contributed by atoms with Crippen molar-refractivity contribution in [2.45, 2.75) is 12.8 Å². The van der Waals surface area contributed by atoms with Gasteiger partial charge in [0.2, 0.25) is 5.91 Å². The average Bonchev–Trinajstić information content (AvgIpc) is 2.57. The third kappa shape index (κ3) is 7.44. The Morgan fingerprint density at radius 3 is 2.52 bits per heavy atom. The zero-order chi connectivity index (χ0) is 16.3. The lowest BCUT2D eigenvalue weighted by Crippen LogP contribution is -2.14. The predicted molar refractivity (Wildman–Crippen MR) is 98.6 cm³/mol. The molecule has 0 bridgehead atoms. The van der Waals surface area contributed by atoms with Crippen LogP contribution in [0.2, 0.25) is 5.02 Å². The molecule has 122 valence electrons. The van der Waals surface area contributed by atoms with E-state index in [-0.39, 0.29) is 5.91 Å². The number of hydrogen-bond acceptors (Lipinski definition) is 3. The van der Waals surface area contributed by atoms with Crippen molar-refractivity contribution >= 4 is 35.0 Å². The molecule has 2 aromatic carbocycles. The van der Waals surface area contributed by atoms with E-state index in [2.05, 4.69) is 5.32 Å². The first kappa shape index (κ1) is 17.7. The SMILES string of the molecule is O=C(CSCCCCOc1ccccc1)Nc1ccc(Cl)cc1. The molecule has 3 nitrogen and oxygen atoms in total. The molecular formula is C18H20ClNO2S. The van der Waals surface area contributed by atoms with Crippen molar-refractivity contribution in [2.24, 2.45) is 0 Å². The summed E-state index contributed by atoms with van der Waals surface area (Å²) in [7, 11) is 0. The summed E-state index contributed by atoms with van der Waals surface area (Å²) in [4.78, 5) is 11.8. The van der Waals surface area contributed by atoms with Crippen molar-refractivity contribution in [1.29, 1.82) is 0 Å². The summed E-state index contributed by atoms with van der Waals surface area (Å²) < 4.78 is 5.62. The van der Waals surface area contributed by atoms with Crippen LogP contribution in [0.5, 0.6) is 5.75 Å². The van der Waals surface area contributed by atoms with Crippen LogP contribution in [0, 0.1) is 0 Å². The van der Waals surface area contributed by atoms with Crippen LogP contribution in [0.1, 0.15) is 12.8 Å². The van der Waals surface area contributed by atoms with Gasteiger partial charge in [0.25, 0.3) is 0 Å². The largest absolute Gasteiger partial charge is 0.494 e. The second-order valence-corrected chi connectivity index (χ2v) is 6.52. The van der Waals surface area contributed by atoms with Gasteiger partial charge < -0.3 is 10.1 Å². The number of para-hydroxylation sites is 1. The standard InChI is InChI=1S/C18H20ClNO2S/c19-15-8-10-16(11-9-15)20-18(21)14-23-13-5-4-12-22-17-6-2-1-3-7-17/h1-3,6-11H,4-5,12-14H2,(H,20,21). The Labute approximate surface area is 146 Å². The van der Waals surface area contributed by atoms with Crippen molar-refractivity contribution in [3.63, 3.8) is 0 Å². The molecule has 0 aliphatic carbocycles. The van der Waals surface area contributed by atoms with Gasteiger partial charge in [-0.3, -0.25) is 4.79 Å². The minimum absolute atomic E-state index is 0.0119. The molecule has 0 aliphatic rings. The molecule has 0 aliphatic heterocycles. The minimum Gasteiger partial charge on any atom is -0.494 e. The lowest BCUT2D eigenvalue weighted by Gasteiger charge is -2.06. The summed E-state index contributed by atoms with van der Waals surface area (Å²) >= 11 is 7.44. The van der Waals surface area contributed by atoms with Crippen molar-refractivity contribution in [3.05, 3.63) is 59.6 Å². The Bertz CT molecular complexity index is 590. The first-order chi connectivity index (χ1) is 11.2. The van der Waals surface area contributed by atoms with Crippen molar-refractivity contribution in [2.75, 3.05) is 23.4 Å². The van der Waals surface area contributed by atoms with Gasteiger partial charge >= 0.3 is 0 Å². The summed E-state index contributed by atoms with van der Waals surface area (Å²) in [6, 6.07) is 16.9. The fraction of sp³-hybridized carbons (Fsp3) is 0.278. The third-order valence-electron chi connectivity index (χ3n) is 3.06. The number of carbonyl (C=O) groups is 1. The minimum atomic E-state index is 0.0119. The highest BCUT2D eigenvalue weighted by Crippen LogP contribution is 2.14. The van der Waals surface area contributed by atoms with Crippen LogP contribution in [0.25, 0.3) is 0 Å². The van der Waals surface area contributed by atoms with Gasteiger partial charge in [-0.15, -0.1) is 0 Å². The van der Waals surface area contributed by atoms with E-state index in [0.717, 1.165) is 30.0 Å². The number of halogens is 1. The Kier molecular flexibility index (Phi) is 7.84. The fourth-order valence-corrected chi connectivity index (χ4v) is 2.84. The molecule has 0 saturated heterocycles. The number of anilines is 1. The number of rotatable bonds is 9. The summed E-state index contributed by atoms with van der Waals surface area (Å²) in [5.41, 5.74) is 0.774. The van der Waals surface area contributed by atoms with E-state index in [0.29, 0.717) is 17.4 Å². The van der Waals surface area contributed by atoms with Gasteiger partial charge in [-0.2, -0.15) is 11.8 Å². The Morgan fingerprint density at radius 1 is 1.04 bits per heavy atom. The highest BCUT2D eigenvalue weighted by Gasteiger charge is 2.02. The molecule has 2 aromatic rings. The van der Waals surface area contributed by atoms with Crippen molar-refractivity contribution in [3.8, 4) is 5.75 Å². The molecule has 0 heterocycles. The van der Waals surface area contributed by atoms with Crippen LogP contribution in [-0.4, -0.2) is 24.0 Å². The summed E-state index contributed by atoms with van der Waals surface area (Å²) in [6.07, 6.45) is 2.02. The Balaban J connectivity index is 1.50. The molecule has 2 rings (SSSR count). The Morgan fingerprint density at radius 2 is 1.78 bits per heavy atom. The first-order valence-corrected chi connectivity index (χ1v) is 9.08. The van der Waals surface area contributed by atoms with E-state index in [9.17, 15) is 4.79 Å². The van der Waals surface area contributed by atoms with Gasteiger partial charge in [0.1, 0.15) is 5.75 Å². The lowest BCUT2D eigenvalue weighted by atomic mass is 10.3. The monoisotopic (exact) mass is 349 g/mol. The number of unbranched alkanes of at least 4 members (excludes halogenated alkanes) is 1. The molecule has 0 atom stereocenters. The van der Waals surface area contributed by atoms with E-state index >= 15 is 0 Å². The van der Waals surface area contributed by atoms with Gasteiger partial charge in [0.05, 0.1) is 12.4 Å². The molecule has 1 amide bonds. The van der Waals surface area contributed by atoms with E-state index < -0.39 is 0 Å².